The van der Waals surface area contributed by atoms with E-state index in [0.29, 0.717) is 17.9 Å². The molecule has 0 fully saturated rings. The van der Waals surface area contributed by atoms with Crippen LogP contribution in [0.5, 0.6) is 0 Å². The van der Waals surface area contributed by atoms with Crippen LogP contribution >= 0.6 is 0 Å². The summed E-state index contributed by atoms with van der Waals surface area (Å²) in [4.78, 5) is 14.5. The van der Waals surface area contributed by atoms with E-state index >= 15 is 0 Å². The number of hydrogen-bond acceptors (Lipinski definition) is 3. The van der Waals surface area contributed by atoms with Crippen molar-refractivity contribution in [1.29, 1.82) is 0 Å². The summed E-state index contributed by atoms with van der Waals surface area (Å²) < 4.78 is 19.3. The van der Waals surface area contributed by atoms with Crippen molar-refractivity contribution in [2.45, 2.75) is 13.3 Å². The Labute approximate surface area is 158 Å². The third-order valence-corrected chi connectivity index (χ3v) is 4.36. The number of para-hydroxylation sites is 1. The smallest absolute Gasteiger partial charge is 0.287 e. The first-order valence-corrected chi connectivity index (χ1v) is 9.12. The molecule has 0 saturated carbocycles. The zero-order valence-corrected chi connectivity index (χ0v) is 15.3. The fourth-order valence-electron chi connectivity index (χ4n) is 2.93. The minimum atomic E-state index is -0.376. The van der Waals surface area contributed by atoms with E-state index < -0.39 is 0 Å². The summed E-state index contributed by atoms with van der Waals surface area (Å²) in [6.45, 7) is 4.40. The number of carbonyl (C=O) groups is 1. The van der Waals surface area contributed by atoms with Gasteiger partial charge in [-0.15, -0.1) is 0 Å². The van der Waals surface area contributed by atoms with E-state index in [-0.39, 0.29) is 17.5 Å². The Hall–Kier alpha value is -3.08. The molecule has 3 rings (SSSR count). The fraction of sp³-hybridized carbons (Fsp3) is 0.227. The van der Waals surface area contributed by atoms with Crippen LogP contribution in [0.2, 0.25) is 0 Å². The van der Waals surface area contributed by atoms with Crippen molar-refractivity contribution >= 4 is 11.6 Å². The van der Waals surface area contributed by atoms with E-state index in [4.69, 9.17) is 4.42 Å². The maximum atomic E-state index is 13.8. The number of nitrogens with one attached hydrogen (secondary N) is 1. The van der Waals surface area contributed by atoms with E-state index in [1.807, 2.05) is 18.2 Å². The van der Waals surface area contributed by atoms with Gasteiger partial charge < -0.3 is 14.6 Å². The maximum absolute atomic E-state index is 13.8. The molecule has 27 heavy (non-hydrogen) atoms. The first kappa shape index (κ1) is 18.7. The van der Waals surface area contributed by atoms with Gasteiger partial charge in [-0.05, 0) is 49.7 Å². The van der Waals surface area contributed by atoms with Gasteiger partial charge in [0.25, 0.3) is 5.91 Å². The van der Waals surface area contributed by atoms with Crippen molar-refractivity contribution in [2.24, 2.45) is 0 Å². The van der Waals surface area contributed by atoms with Gasteiger partial charge in [0.1, 0.15) is 11.6 Å². The molecule has 0 atom stereocenters. The summed E-state index contributed by atoms with van der Waals surface area (Å²) in [5, 5.41) is 2.86. The van der Waals surface area contributed by atoms with E-state index in [9.17, 15) is 9.18 Å². The van der Waals surface area contributed by atoms with Crippen molar-refractivity contribution in [3.05, 3.63) is 78.3 Å². The van der Waals surface area contributed by atoms with Crippen LogP contribution in [0, 0.1) is 5.82 Å². The number of carbonyl (C=O) groups excluding carboxylic acids is 1. The maximum Gasteiger partial charge on any atom is 0.287 e. The largest absolute Gasteiger partial charge is 0.451 e. The molecule has 1 N–H and O–H groups in total. The molecule has 1 aromatic heterocycles. The SMILES string of the molecule is CCN(CCCNC(=O)c1ccc(-c2ccccc2F)o1)c1ccccc1. The summed E-state index contributed by atoms with van der Waals surface area (Å²) in [6, 6.07) is 19.7. The molecule has 0 aliphatic rings. The van der Waals surface area contributed by atoms with Gasteiger partial charge in [-0.25, -0.2) is 4.39 Å². The third-order valence-electron chi connectivity index (χ3n) is 4.36. The second-order valence-electron chi connectivity index (χ2n) is 6.17. The summed E-state index contributed by atoms with van der Waals surface area (Å²) in [5.74, 6) is -0.136. The number of rotatable bonds is 8. The molecular formula is C22H23FN2O2. The van der Waals surface area contributed by atoms with Gasteiger partial charge in [-0.3, -0.25) is 4.79 Å². The van der Waals surface area contributed by atoms with Gasteiger partial charge in [0.15, 0.2) is 5.76 Å². The number of hydrogen-bond donors (Lipinski definition) is 1. The highest BCUT2D eigenvalue weighted by molar-refractivity contribution is 5.92. The second-order valence-corrected chi connectivity index (χ2v) is 6.17. The number of anilines is 1. The molecule has 0 spiro atoms. The van der Waals surface area contributed by atoms with Crippen LogP contribution in [0.4, 0.5) is 10.1 Å². The highest BCUT2D eigenvalue weighted by Crippen LogP contribution is 2.24. The van der Waals surface area contributed by atoms with E-state index in [1.54, 1.807) is 30.3 Å². The number of furan rings is 1. The lowest BCUT2D eigenvalue weighted by atomic mass is 10.1. The monoisotopic (exact) mass is 366 g/mol. The molecule has 140 valence electrons. The van der Waals surface area contributed by atoms with Gasteiger partial charge in [-0.2, -0.15) is 0 Å². The predicted octanol–water partition coefficient (Wildman–Crippen LogP) is 4.73. The lowest BCUT2D eigenvalue weighted by molar-refractivity contribution is 0.0926. The average molecular weight is 366 g/mol. The standard InChI is InChI=1S/C22H23FN2O2/c1-2-25(17-9-4-3-5-10-17)16-8-15-24-22(26)21-14-13-20(27-21)18-11-6-7-12-19(18)23/h3-7,9-14H,2,8,15-16H2,1H3,(H,24,26). The van der Waals surface area contributed by atoms with E-state index in [1.165, 1.54) is 11.8 Å². The predicted molar refractivity (Wildman–Crippen MR) is 105 cm³/mol. The van der Waals surface area contributed by atoms with E-state index in [2.05, 4.69) is 29.3 Å². The molecule has 0 radical (unpaired) electrons. The first-order valence-electron chi connectivity index (χ1n) is 9.12. The molecule has 0 saturated heterocycles. The molecule has 1 heterocycles. The van der Waals surface area contributed by atoms with Gasteiger partial charge in [0.05, 0.1) is 5.56 Å². The highest BCUT2D eigenvalue weighted by atomic mass is 19.1. The van der Waals surface area contributed by atoms with E-state index in [0.717, 1.165) is 19.5 Å². The Morgan fingerprint density at radius 2 is 1.78 bits per heavy atom. The van der Waals surface area contributed by atoms with Crippen LogP contribution in [0.1, 0.15) is 23.9 Å². The molecular weight excluding hydrogens is 343 g/mol. The molecule has 2 aromatic carbocycles. The van der Waals surface area contributed by atoms with Gasteiger partial charge >= 0.3 is 0 Å². The Bertz CT molecular complexity index is 877. The summed E-state index contributed by atoms with van der Waals surface area (Å²) in [7, 11) is 0. The molecule has 5 heteroatoms. The molecule has 0 bridgehead atoms. The normalized spacial score (nSPS) is 10.6. The Kier molecular flexibility index (Phi) is 6.26. The molecule has 0 unspecified atom stereocenters. The second kappa shape index (κ2) is 9.03. The quantitative estimate of drug-likeness (QED) is 0.586. The minimum absolute atomic E-state index is 0.184. The van der Waals surface area contributed by atoms with Gasteiger partial charge in [-0.1, -0.05) is 30.3 Å². The third kappa shape index (κ3) is 4.76. The molecule has 4 nitrogen and oxygen atoms in total. The van der Waals surface area contributed by atoms with Crippen molar-refractivity contribution < 1.29 is 13.6 Å². The Morgan fingerprint density at radius 3 is 2.52 bits per heavy atom. The lowest BCUT2D eigenvalue weighted by Crippen LogP contribution is -2.29. The number of nitrogens with zero attached hydrogens (tertiary/aromatic N) is 1. The van der Waals surface area contributed by atoms with Gasteiger partial charge in [0, 0.05) is 25.3 Å². The Morgan fingerprint density at radius 1 is 1.04 bits per heavy atom. The number of halogens is 1. The average Bonchev–Trinajstić information content (AvgIpc) is 3.19. The molecule has 0 aliphatic heterocycles. The highest BCUT2D eigenvalue weighted by Gasteiger charge is 2.14. The van der Waals surface area contributed by atoms with Crippen LogP contribution in [-0.2, 0) is 0 Å². The van der Waals surface area contributed by atoms with Crippen molar-refractivity contribution in [2.75, 3.05) is 24.5 Å². The number of amides is 1. The van der Waals surface area contributed by atoms with Crippen LogP contribution in [0.15, 0.2) is 71.1 Å². The fourth-order valence-corrected chi connectivity index (χ4v) is 2.93. The first-order chi connectivity index (χ1) is 13.2. The molecule has 3 aromatic rings. The number of benzene rings is 2. The van der Waals surface area contributed by atoms with Crippen LogP contribution < -0.4 is 10.2 Å². The van der Waals surface area contributed by atoms with Crippen LogP contribution in [-0.4, -0.2) is 25.5 Å². The summed E-state index contributed by atoms with van der Waals surface area (Å²) in [6.07, 6.45) is 0.815. The summed E-state index contributed by atoms with van der Waals surface area (Å²) >= 11 is 0. The topological polar surface area (TPSA) is 45.5 Å². The molecule has 1 amide bonds. The lowest BCUT2D eigenvalue weighted by Gasteiger charge is -2.23. The molecule has 0 aliphatic carbocycles. The minimum Gasteiger partial charge on any atom is -0.451 e. The zero-order chi connectivity index (χ0) is 19.1. The van der Waals surface area contributed by atoms with Crippen molar-refractivity contribution in [1.82, 2.24) is 5.32 Å². The zero-order valence-electron chi connectivity index (χ0n) is 15.3. The van der Waals surface area contributed by atoms with Crippen molar-refractivity contribution in [3.63, 3.8) is 0 Å². The van der Waals surface area contributed by atoms with Crippen LogP contribution in [0.25, 0.3) is 11.3 Å². The van der Waals surface area contributed by atoms with Crippen molar-refractivity contribution in [3.8, 4) is 11.3 Å². The van der Waals surface area contributed by atoms with Crippen LogP contribution in [0.3, 0.4) is 0 Å². The summed E-state index contributed by atoms with van der Waals surface area (Å²) in [5.41, 5.74) is 1.52. The Balaban J connectivity index is 1.51. The van der Waals surface area contributed by atoms with Gasteiger partial charge in [0.2, 0.25) is 0 Å².